The molecule has 3 nitrogen and oxygen atoms in total. The number of para-hydroxylation sites is 2. The van der Waals surface area contributed by atoms with E-state index in [0.717, 1.165) is 35.6 Å². The van der Waals surface area contributed by atoms with Gasteiger partial charge in [0.1, 0.15) is 5.82 Å². The minimum atomic E-state index is -0.237. The van der Waals surface area contributed by atoms with Crippen LogP contribution in [0.5, 0.6) is 0 Å². The first-order chi connectivity index (χ1) is 10.6. The third-order valence-corrected chi connectivity index (χ3v) is 3.68. The first kappa shape index (κ1) is 14.6. The molecule has 4 heteroatoms. The molecule has 1 heterocycles. The number of fused-ring (bicyclic) bond motifs is 1. The highest BCUT2D eigenvalue weighted by Gasteiger charge is 2.11. The van der Waals surface area contributed by atoms with Crippen molar-refractivity contribution in [2.75, 3.05) is 5.32 Å². The second kappa shape index (κ2) is 6.18. The molecule has 0 unspecified atom stereocenters. The summed E-state index contributed by atoms with van der Waals surface area (Å²) >= 11 is 0. The van der Waals surface area contributed by atoms with Crippen LogP contribution in [-0.4, -0.2) is 9.55 Å². The van der Waals surface area contributed by atoms with Crippen molar-refractivity contribution < 1.29 is 4.39 Å². The Hall–Kier alpha value is -2.36. The fourth-order valence-electron chi connectivity index (χ4n) is 2.45. The van der Waals surface area contributed by atoms with Crippen LogP contribution in [0.4, 0.5) is 16.0 Å². The number of rotatable bonds is 5. The number of anilines is 2. The Balaban J connectivity index is 1.96. The molecular weight excluding hydrogens is 277 g/mol. The number of nitrogens with one attached hydrogen (secondary N) is 1. The quantitative estimate of drug-likeness (QED) is 0.721. The summed E-state index contributed by atoms with van der Waals surface area (Å²) < 4.78 is 15.2. The second-order valence-corrected chi connectivity index (χ2v) is 5.89. The van der Waals surface area contributed by atoms with Crippen molar-refractivity contribution in [2.24, 2.45) is 5.92 Å². The minimum absolute atomic E-state index is 0.237. The summed E-state index contributed by atoms with van der Waals surface area (Å²) in [4.78, 5) is 4.67. The highest BCUT2D eigenvalue weighted by molar-refractivity contribution is 5.79. The van der Waals surface area contributed by atoms with Crippen LogP contribution in [0.1, 0.15) is 20.3 Å². The number of hydrogen-bond acceptors (Lipinski definition) is 2. The molecule has 2 aromatic carbocycles. The number of aryl methyl sites for hydroxylation is 1. The highest BCUT2D eigenvalue weighted by atomic mass is 19.1. The molecule has 0 aliphatic rings. The Morgan fingerprint density at radius 3 is 2.55 bits per heavy atom. The van der Waals surface area contributed by atoms with Gasteiger partial charge < -0.3 is 9.88 Å². The van der Waals surface area contributed by atoms with E-state index in [1.165, 1.54) is 12.1 Å². The van der Waals surface area contributed by atoms with Gasteiger partial charge in [-0.1, -0.05) is 26.0 Å². The normalized spacial score (nSPS) is 11.3. The minimum Gasteiger partial charge on any atom is -0.326 e. The molecule has 1 aromatic heterocycles. The Labute approximate surface area is 129 Å². The first-order valence-electron chi connectivity index (χ1n) is 7.61. The highest BCUT2D eigenvalue weighted by Crippen LogP contribution is 2.24. The Kier molecular flexibility index (Phi) is 4.09. The van der Waals surface area contributed by atoms with Gasteiger partial charge in [0, 0.05) is 12.2 Å². The molecule has 0 saturated carbocycles. The van der Waals surface area contributed by atoms with E-state index < -0.39 is 0 Å². The lowest BCUT2D eigenvalue weighted by molar-refractivity contribution is 0.526. The van der Waals surface area contributed by atoms with Gasteiger partial charge in [0.15, 0.2) is 0 Å². The van der Waals surface area contributed by atoms with Gasteiger partial charge in [-0.25, -0.2) is 9.37 Å². The molecule has 0 spiro atoms. The number of nitrogens with zero attached hydrogens (tertiary/aromatic N) is 2. The topological polar surface area (TPSA) is 29.9 Å². The van der Waals surface area contributed by atoms with Gasteiger partial charge in [-0.3, -0.25) is 0 Å². The van der Waals surface area contributed by atoms with Crippen LogP contribution in [0.3, 0.4) is 0 Å². The molecule has 0 bridgehead atoms. The summed E-state index contributed by atoms with van der Waals surface area (Å²) in [7, 11) is 0. The molecule has 0 fully saturated rings. The standard InChI is InChI=1S/C18H20FN3/c1-13(2)11-12-22-17-6-4-3-5-16(17)21-18(22)20-15-9-7-14(19)8-10-15/h3-10,13H,11-12H2,1-2H3,(H,20,21). The van der Waals surface area contributed by atoms with Gasteiger partial charge in [0.05, 0.1) is 11.0 Å². The van der Waals surface area contributed by atoms with Crippen LogP contribution in [0.2, 0.25) is 0 Å². The third kappa shape index (κ3) is 3.11. The largest absolute Gasteiger partial charge is 0.326 e. The molecule has 114 valence electrons. The molecule has 0 saturated heterocycles. The summed E-state index contributed by atoms with van der Waals surface area (Å²) in [5.74, 6) is 1.19. The fraction of sp³-hybridized carbons (Fsp3) is 0.278. The maximum Gasteiger partial charge on any atom is 0.208 e. The average Bonchev–Trinajstić information content (AvgIpc) is 2.85. The molecule has 3 rings (SSSR count). The predicted molar refractivity (Wildman–Crippen MR) is 88.9 cm³/mol. The van der Waals surface area contributed by atoms with E-state index in [0.29, 0.717) is 5.92 Å². The Bertz CT molecular complexity index is 760. The zero-order valence-corrected chi connectivity index (χ0v) is 12.9. The SMILES string of the molecule is CC(C)CCn1c(Nc2ccc(F)cc2)nc2ccccc21. The van der Waals surface area contributed by atoms with Crippen molar-refractivity contribution in [3.63, 3.8) is 0 Å². The van der Waals surface area contributed by atoms with Crippen molar-refractivity contribution in [1.82, 2.24) is 9.55 Å². The van der Waals surface area contributed by atoms with Gasteiger partial charge >= 0.3 is 0 Å². The Morgan fingerprint density at radius 2 is 1.82 bits per heavy atom. The number of halogens is 1. The molecule has 3 aromatic rings. The summed E-state index contributed by atoms with van der Waals surface area (Å²) in [6.45, 7) is 5.33. The van der Waals surface area contributed by atoms with Crippen molar-refractivity contribution >= 4 is 22.7 Å². The zero-order chi connectivity index (χ0) is 15.5. The lowest BCUT2D eigenvalue weighted by Gasteiger charge is -2.12. The van der Waals surface area contributed by atoms with E-state index in [2.05, 4.69) is 34.8 Å². The van der Waals surface area contributed by atoms with Crippen LogP contribution in [-0.2, 0) is 6.54 Å². The summed E-state index contributed by atoms with van der Waals surface area (Å²) in [6.07, 6.45) is 1.08. The third-order valence-electron chi connectivity index (χ3n) is 3.68. The van der Waals surface area contributed by atoms with Gasteiger partial charge in [-0.2, -0.15) is 0 Å². The van der Waals surface area contributed by atoms with Gasteiger partial charge in [-0.15, -0.1) is 0 Å². The molecule has 0 amide bonds. The lowest BCUT2D eigenvalue weighted by atomic mass is 10.1. The monoisotopic (exact) mass is 297 g/mol. The lowest BCUT2D eigenvalue weighted by Crippen LogP contribution is -2.06. The van der Waals surface area contributed by atoms with Crippen molar-refractivity contribution in [3.05, 3.63) is 54.3 Å². The number of aromatic nitrogens is 2. The van der Waals surface area contributed by atoms with E-state index in [1.54, 1.807) is 12.1 Å². The van der Waals surface area contributed by atoms with E-state index in [4.69, 9.17) is 0 Å². The summed E-state index contributed by atoms with van der Waals surface area (Å²) in [5.41, 5.74) is 2.92. The summed E-state index contributed by atoms with van der Waals surface area (Å²) in [6, 6.07) is 14.5. The van der Waals surface area contributed by atoms with Crippen LogP contribution in [0.15, 0.2) is 48.5 Å². The smallest absolute Gasteiger partial charge is 0.208 e. The number of benzene rings is 2. The van der Waals surface area contributed by atoms with E-state index in [1.807, 2.05) is 18.2 Å². The van der Waals surface area contributed by atoms with E-state index in [-0.39, 0.29) is 5.82 Å². The van der Waals surface area contributed by atoms with Gasteiger partial charge in [-0.05, 0) is 48.7 Å². The van der Waals surface area contributed by atoms with Crippen molar-refractivity contribution in [2.45, 2.75) is 26.8 Å². The molecule has 1 N–H and O–H groups in total. The maximum atomic E-state index is 13.0. The van der Waals surface area contributed by atoms with Crippen LogP contribution in [0, 0.1) is 11.7 Å². The predicted octanol–water partition coefficient (Wildman–Crippen LogP) is 4.97. The number of imidazole rings is 1. The van der Waals surface area contributed by atoms with Gasteiger partial charge in [0.25, 0.3) is 0 Å². The molecule has 0 radical (unpaired) electrons. The second-order valence-electron chi connectivity index (χ2n) is 5.89. The average molecular weight is 297 g/mol. The Morgan fingerprint density at radius 1 is 1.09 bits per heavy atom. The van der Waals surface area contributed by atoms with Crippen LogP contribution in [0.25, 0.3) is 11.0 Å². The van der Waals surface area contributed by atoms with E-state index in [9.17, 15) is 4.39 Å². The molecule has 0 aliphatic carbocycles. The molecule has 0 aliphatic heterocycles. The van der Waals surface area contributed by atoms with Gasteiger partial charge in [0.2, 0.25) is 5.95 Å². The summed E-state index contributed by atoms with van der Waals surface area (Å²) in [5, 5.41) is 3.30. The molecule has 22 heavy (non-hydrogen) atoms. The van der Waals surface area contributed by atoms with Crippen LogP contribution < -0.4 is 5.32 Å². The molecule has 0 atom stereocenters. The number of hydrogen-bond donors (Lipinski definition) is 1. The van der Waals surface area contributed by atoms with Crippen LogP contribution >= 0.6 is 0 Å². The van der Waals surface area contributed by atoms with Crippen molar-refractivity contribution in [3.8, 4) is 0 Å². The molecular formula is C18H20FN3. The fourth-order valence-corrected chi connectivity index (χ4v) is 2.45. The zero-order valence-electron chi connectivity index (χ0n) is 12.9. The maximum absolute atomic E-state index is 13.0. The first-order valence-corrected chi connectivity index (χ1v) is 7.61. The van der Waals surface area contributed by atoms with E-state index >= 15 is 0 Å². The van der Waals surface area contributed by atoms with Crippen molar-refractivity contribution in [1.29, 1.82) is 0 Å².